The van der Waals surface area contributed by atoms with E-state index in [4.69, 9.17) is 26.1 Å². The summed E-state index contributed by atoms with van der Waals surface area (Å²) in [5.74, 6) is -0.304. The second kappa shape index (κ2) is 15.1. The molecule has 2 amide bonds. The number of ether oxygens (including phenoxy) is 1. The van der Waals surface area contributed by atoms with Crippen LogP contribution in [0.25, 0.3) is 11.8 Å². The van der Waals surface area contributed by atoms with Gasteiger partial charge in [-0.1, -0.05) is 41.9 Å². The Hall–Kier alpha value is -4.55. The van der Waals surface area contributed by atoms with Crippen LogP contribution in [-0.4, -0.2) is 67.3 Å². The molecule has 0 saturated carbocycles. The van der Waals surface area contributed by atoms with Crippen LogP contribution < -0.4 is 16.0 Å². The summed E-state index contributed by atoms with van der Waals surface area (Å²) in [5.41, 5.74) is 3.55. The van der Waals surface area contributed by atoms with Crippen LogP contribution in [0.4, 0.5) is 16.2 Å². The standard InChI is InChI=1S/C28H29ClN7O6P/c29-22-7-12-26(36-19-31-34-35-36)21(17-22)6-13-27(37)32-25(16-20-4-2-1-3-5-20)18-30-23-8-10-24(11-9-23)33-28(38)42-14-15-43(39,40)41/h1-13,17,19,25,30H,14-16,18H2,(H,32,37)(H,33,38)(H2,39,40,41)/b13-6+. The smallest absolute Gasteiger partial charge is 0.411 e. The van der Waals surface area contributed by atoms with Gasteiger partial charge in [0.2, 0.25) is 5.91 Å². The number of hydrogen-bond donors (Lipinski definition) is 5. The van der Waals surface area contributed by atoms with Crippen LogP contribution >= 0.6 is 19.2 Å². The van der Waals surface area contributed by atoms with Gasteiger partial charge in [-0.3, -0.25) is 14.7 Å². The lowest BCUT2D eigenvalue weighted by atomic mass is 10.1. The van der Waals surface area contributed by atoms with E-state index in [0.29, 0.717) is 34.9 Å². The molecule has 0 radical (unpaired) electrons. The lowest BCUT2D eigenvalue weighted by molar-refractivity contribution is -0.117. The van der Waals surface area contributed by atoms with Gasteiger partial charge < -0.3 is 25.2 Å². The molecule has 13 nitrogen and oxygen atoms in total. The summed E-state index contributed by atoms with van der Waals surface area (Å²) >= 11 is 6.18. The van der Waals surface area contributed by atoms with Crippen molar-refractivity contribution in [1.29, 1.82) is 0 Å². The first-order valence-electron chi connectivity index (χ1n) is 13.0. The van der Waals surface area contributed by atoms with Crippen molar-refractivity contribution in [1.82, 2.24) is 25.5 Å². The third-order valence-electron chi connectivity index (χ3n) is 5.97. The van der Waals surface area contributed by atoms with Crippen molar-refractivity contribution >= 4 is 48.6 Å². The van der Waals surface area contributed by atoms with Crippen LogP contribution in [0.3, 0.4) is 0 Å². The van der Waals surface area contributed by atoms with Crippen molar-refractivity contribution in [3.8, 4) is 5.69 Å². The first-order valence-corrected chi connectivity index (χ1v) is 15.2. The summed E-state index contributed by atoms with van der Waals surface area (Å²) in [4.78, 5) is 42.5. The highest BCUT2D eigenvalue weighted by atomic mass is 35.5. The SMILES string of the molecule is O=C(/C=C/c1cc(Cl)ccc1-n1cnnn1)NC(CNc1ccc(NC(=O)OCCP(=O)(O)O)cc1)Cc1ccccc1. The van der Waals surface area contributed by atoms with E-state index in [1.54, 1.807) is 48.5 Å². The number of anilines is 2. The van der Waals surface area contributed by atoms with Crippen LogP contribution in [-0.2, 0) is 20.5 Å². The van der Waals surface area contributed by atoms with Crippen molar-refractivity contribution in [2.24, 2.45) is 0 Å². The average Bonchev–Trinajstić information content (AvgIpc) is 3.50. The monoisotopic (exact) mass is 625 g/mol. The summed E-state index contributed by atoms with van der Waals surface area (Å²) in [7, 11) is -4.25. The first kappa shape index (κ1) is 31.4. The molecular formula is C28H29ClN7O6P. The van der Waals surface area contributed by atoms with Gasteiger partial charge in [-0.25, -0.2) is 4.79 Å². The Kier molecular flexibility index (Phi) is 11.0. The average molecular weight is 626 g/mol. The molecule has 4 aromatic rings. The predicted molar refractivity (Wildman–Crippen MR) is 162 cm³/mol. The normalized spacial score (nSPS) is 12.1. The highest BCUT2D eigenvalue weighted by Crippen LogP contribution is 2.33. The van der Waals surface area contributed by atoms with Crippen molar-refractivity contribution in [3.05, 3.63) is 101 Å². The number of nitrogens with zero attached hydrogens (tertiary/aromatic N) is 4. The lowest BCUT2D eigenvalue weighted by Gasteiger charge is -2.20. The number of halogens is 1. The second-order valence-corrected chi connectivity index (χ2v) is 11.5. The number of benzene rings is 3. The fraction of sp³-hybridized carbons (Fsp3) is 0.179. The van der Waals surface area contributed by atoms with E-state index in [0.717, 1.165) is 11.3 Å². The van der Waals surface area contributed by atoms with E-state index in [9.17, 15) is 14.2 Å². The van der Waals surface area contributed by atoms with Crippen LogP contribution in [0.1, 0.15) is 11.1 Å². The zero-order valence-electron chi connectivity index (χ0n) is 22.7. The van der Waals surface area contributed by atoms with E-state index in [1.807, 2.05) is 30.3 Å². The van der Waals surface area contributed by atoms with Gasteiger partial charge in [-0.15, -0.1) is 5.10 Å². The molecule has 0 bridgehead atoms. The van der Waals surface area contributed by atoms with Gasteiger partial charge in [0.1, 0.15) is 12.9 Å². The predicted octanol–water partition coefficient (Wildman–Crippen LogP) is 3.89. The first-order chi connectivity index (χ1) is 20.6. The third kappa shape index (κ3) is 10.7. The molecule has 1 atom stereocenters. The highest BCUT2D eigenvalue weighted by molar-refractivity contribution is 7.51. The van der Waals surface area contributed by atoms with Gasteiger partial charge in [-0.2, -0.15) is 4.68 Å². The van der Waals surface area contributed by atoms with Gasteiger partial charge >= 0.3 is 13.7 Å². The number of carbonyl (C=O) groups is 2. The van der Waals surface area contributed by atoms with E-state index in [-0.39, 0.29) is 11.9 Å². The topological polar surface area (TPSA) is 181 Å². The zero-order valence-corrected chi connectivity index (χ0v) is 24.4. The lowest BCUT2D eigenvalue weighted by Crippen LogP contribution is -2.40. The van der Waals surface area contributed by atoms with Crippen LogP contribution in [0.5, 0.6) is 0 Å². The molecule has 1 heterocycles. The molecule has 0 aliphatic carbocycles. The molecule has 0 aliphatic rings. The fourth-order valence-corrected chi connectivity index (χ4v) is 4.46. The van der Waals surface area contributed by atoms with E-state index in [2.05, 4.69) is 31.5 Å². The number of nitrogens with one attached hydrogen (secondary N) is 3. The van der Waals surface area contributed by atoms with E-state index in [1.165, 1.54) is 17.1 Å². The molecule has 1 aromatic heterocycles. The van der Waals surface area contributed by atoms with Crippen molar-refractivity contribution in [3.63, 3.8) is 0 Å². The molecule has 15 heteroatoms. The van der Waals surface area contributed by atoms with Crippen molar-refractivity contribution < 1.29 is 28.7 Å². The maximum absolute atomic E-state index is 13.0. The number of carbonyl (C=O) groups excluding carboxylic acids is 2. The molecule has 4 rings (SSSR count). The molecule has 0 saturated heterocycles. The molecule has 43 heavy (non-hydrogen) atoms. The minimum absolute atomic E-state index is 0.278. The summed E-state index contributed by atoms with van der Waals surface area (Å²) in [6.07, 6.45) is 3.72. The van der Waals surface area contributed by atoms with Gasteiger partial charge in [0.05, 0.1) is 17.9 Å². The number of aromatic nitrogens is 4. The largest absolute Gasteiger partial charge is 0.449 e. The minimum atomic E-state index is -4.25. The Morgan fingerprint density at radius 1 is 1.05 bits per heavy atom. The van der Waals surface area contributed by atoms with Gasteiger partial charge in [0, 0.05) is 34.6 Å². The Bertz CT molecular complexity index is 1580. The number of tetrazole rings is 1. The molecule has 1 unspecified atom stereocenters. The van der Waals surface area contributed by atoms with E-state index >= 15 is 0 Å². The molecule has 224 valence electrons. The Balaban J connectivity index is 1.37. The quantitative estimate of drug-likeness (QED) is 0.108. The summed E-state index contributed by atoms with van der Waals surface area (Å²) in [6.45, 7) is -0.00225. The zero-order chi connectivity index (χ0) is 30.7. The Morgan fingerprint density at radius 2 is 1.79 bits per heavy atom. The van der Waals surface area contributed by atoms with Crippen LogP contribution in [0.15, 0.2) is 85.2 Å². The fourth-order valence-electron chi connectivity index (χ4n) is 3.95. The second-order valence-electron chi connectivity index (χ2n) is 9.29. The molecule has 0 spiro atoms. The van der Waals surface area contributed by atoms with E-state index < -0.39 is 26.5 Å². The molecule has 3 aromatic carbocycles. The Labute approximate surface area is 252 Å². The maximum atomic E-state index is 13.0. The van der Waals surface area contributed by atoms with Gasteiger partial charge in [0.25, 0.3) is 0 Å². The van der Waals surface area contributed by atoms with Crippen LogP contribution in [0, 0.1) is 0 Å². The third-order valence-corrected chi connectivity index (χ3v) is 6.97. The summed E-state index contributed by atoms with van der Waals surface area (Å²) < 4.78 is 17.1. The Morgan fingerprint density at radius 3 is 2.49 bits per heavy atom. The maximum Gasteiger partial charge on any atom is 0.411 e. The van der Waals surface area contributed by atoms with Gasteiger partial charge in [-0.05, 0) is 71.0 Å². The molecule has 0 fully saturated rings. The number of rotatable bonds is 13. The summed E-state index contributed by atoms with van der Waals surface area (Å²) in [6, 6.07) is 21.4. The van der Waals surface area contributed by atoms with Crippen LogP contribution in [0.2, 0.25) is 5.02 Å². The molecule has 0 aliphatic heterocycles. The van der Waals surface area contributed by atoms with Gasteiger partial charge in [0.15, 0.2) is 0 Å². The molecule has 5 N–H and O–H groups in total. The molecular weight excluding hydrogens is 597 g/mol. The number of amides is 2. The van der Waals surface area contributed by atoms with Crippen molar-refractivity contribution in [2.75, 3.05) is 29.9 Å². The highest BCUT2D eigenvalue weighted by Gasteiger charge is 2.15. The number of hydrogen-bond acceptors (Lipinski definition) is 8. The summed E-state index contributed by atoms with van der Waals surface area (Å²) in [5, 5.41) is 20.6. The van der Waals surface area contributed by atoms with Crippen molar-refractivity contribution in [2.45, 2.75) is 12.5 Å². The minimum Gasteiger partial charge on any atom is -0.449 e.